The lowest BCUT2D eigenvalue weighted by molar-refractivity contribution is 0.208. The van der Waals surface area contributed by atoms with E-state index in [-0.39, 0.29) is 0 Å². The Labute approximate surface area is 134 Å². The molecule has 124 valence electrons. The van der Waals surface area contributed by atoms with Gasteiger partial charge in [-0.05, 0) is 24.5 Å². The molecule has 0 aliphatic carbocycles. The molecular weight excluding hydrogens is 278 g/mol. The molecule has 0 amide bonds. The smallest absolute Gasteiger partial charge is 0.191 e. The molecule has 0 aliphatic rings. The van der Waals surface area contributed by atoms with Crippen LogP contribution < -0.4 is 15.4 Å². The zero-order chi connectivity index (χ0) is 16.2. The number of aliphatic imine (C=N–C) groups is 1. The number of para-hydroxylation sites is 1. The second-order valence-electron chi connectivity index (χ2n) is 5.22. The summed E-state index contributed by atoms with van der Waals surface area (Å²) in [6.07, 6.45) is 0. The topological polar surface area (TPSA) is 54.9 Å². The van der Waals surface area contributed by atoms with Crippen molar-refractivity contribution >= 4 is 5.96 Å². The maximum absolute atomic E-state index is 5.88. The Morgan fingerprint density at radius 3 is 2.64 bits per heavy atom. The first kappa shape index (κ1) is 18.3. The lowest BCUT2D eigenvalue weighted by Gasteiger charge is -2.15. The predicted octanol–water partition coefficient (Wildman–Crippen LogP) is 2.39. The van der Waals surface area contributed by atoms with Crippen molar-refractivity contribution in [2.75, 3.05) is 40.0 Å². The van der Waals surface area contributed by atoms with Crippen molar-refractivity contribution in [3.8, 4) is 5.75 Å². The van der Waals surface area contributed by atoms with Gasteiger partial charge in [-0.25, -0.2) is 0 Å². The zero-order valence-corrected chi connectivity index (χ0v) is 14.2. The fourth-order valence-corrected chi connectivity index (χ4v) is 2.01. The molecule has 1 rings (SSSR count). The van der Waals surface area contributed by atoms with Crippen molar-refractivity contribution in [1.82, 2.24) is 10.6 Å². The summed E-state index contributed by atoms with van der Waals surface area (Å²) < 4.78 is 10.9. The van der Waals surface area contributed by atoms with Gasteiger partial charge in [0.2, 0.25) is 0 Å². The minimum Gasteiger partial charge on any atom is -0.491 e. The van der Waals surface area contributed by atoms with Crippen LogP contribution in [0.1, 0.15) is 32.3 Å². The van der Waals surface area contributed by atoms with E-state index in [4.69, 9.17) is 9.47 Å². The summed E-state index contributed by atoms with van der Waals surface area (Å²) in [5.41, 5.74) is 1.24. The predicted molar refractivity (Wildman–Crippen MR) is 91.9 cm³/mol. The highest BCUT2D eigenvalue weighted by atomic mass is 16.5. The number of nitrogens with one attached hydrogen (secondary N) is 2. The van der Waals surface area contributed by atoms with Crippen LogP contribution in [0.2, 0.25) is 0 Å². The average molecular weight is 307 g/mol. The molecule has 0 heterocycles. The van der Waals surface area contributed by atoms with Crippen LogP contribution in [0.3, 0.4) is 0 Å². The fraction of sp³-hybridized carbons (Fsp3) is 0.588. The molecule has 0 unspecified atom stereocenters. The van der Waals surface area contributed by atoms with Gasteiger partial charge in [0.25, 0.3) is 0 Å². The van der Waals surface area contributed by atoms with Gasteiger partial charge >= 0.3 is 0 Å². The summed E-state index contributed by atoms with van der Waals surface area (Å²) >= 11 is 0. The molecule has 0 saturated carbocycles. The van der Waals surface area contributed by atoms with Gasteiger partial charge < -0.3 is 20.1 Å². The molecule has 0 radical (unpaired) electrons. The average Bonchev–Trinajstić information content (AvgIpc) is 2.52. The Bertz CT molecular complexity index is 447. The third-order valence-corrected chi connectivity index (χ3v) is 3.10. The van der Waals surface area contributed by atoms with Crippen LogP contribution >= 0.6 is 0 Å². The molecule has 0 atom stereocenters. The Kier molecular flexibility index (Phi) is 9.07. The summed E-state index contributed by atoms with van der Waals surface area (Å²) in [7, 11) is 1.68. The van der Waals surface area contributed by atoms with Crippen LogP contribution in [0.5, 0.6) is 5.75 Å². The highest BCUT2D eigenvalue weighted by Gasteiger charge is 2.06. The number of hydrogen-bond acceptors (Lipinski definition) is 3. The van der Waals surface area contributed by atoms with Gasteiger partial charge in [-0.1, -0.05) is 32.0 Å². The number of benzene rings is 1. The number of ether oxygens (including phenoxy) is 2. The SMILES string of the molecule is CCNC(=NCCOC)NCCOc1ccccc1C(C)C. The summed E-state index contributed by atoms with van der Waals surface area (Å²) in [6, 6.07) is 8.19. The first-order chi connectivity index (χ1) is 10.7. The quantitative estimate of drug-likeness (QED) is 0.418. The molecule has 2 N–H and O–H groups in total. The molecular formula is C17H29N3O2. The highest BCUT2D eigenvalue weighted by molar-refractivity contribution is 5.79. The summed E-state index contributed by atoms with van der Waals surface area (Å²) in [5, 5.41) is 6.45. The van der Waals surface area contributed by atoms with E-state index in [0.29, 0.717) is 32.2 Å². The minimum absolute atomic E-state index is 0.456. The normalized spacial score (nSPS) is 11.6. The van der Waals surface area contributed by atoms with E-state index in [1.54, 1.807) is 7.11 Å². The van der Waals surface area contributed by atoms with E-state index in [1.807, 2.05) is 25.1 Å². The monoisotopic (exact) mass is 307 g/mol. The Balaban J connectivity index is 2.41. The van der Waals surface area contributed by atoms with Gasteiger partial charge in [0.15, 0.2) is 5.96 Å². The standard InChI is InChI=1S/C17H29N3O2/c1-5-18-17(19-10-12-21-4)20-11-13-22-16-9-7-6-8-15(16)14(2)3/h6-9,14H,5,10-13H2,1-4H3,(H2,18,19,20). The van der Waals surface area contributed by atoms with Crippen LogP contribution in [0.4, 0.5) is 0 Å². The van der Waals surface area contributed by atoms with Crippen LogP contribution in [0, 0.1) is 0 Å². The second-order valence-corrected chi connectivity index (χ2v) is 5.22. The molecule has 5 heteroatoms. The van der Waals surface area contributed by atoms with Crippen molar-refractivity contribution in [2.24, 2.45) is 4.99 Å². The fourth-order valence-electron chi connectivity index (χ4n) is 2.01. The number of methoxy groups -OCH3 is 1. The lowest BCUT2D eigenvalue weighted by atomic mass is 10.0. The number of hydrogen-bond donors (Lipinski definition) is 2. The minimum atomic E-state index is 0.456. The molecule has 0 saturated heterocycles. The third-order valence-electron chi connectivity index (χ3n) is 3.10. The van der Waals surface area contributed by atoms with Gasteiger partial charge in [0.05, 0.1) is 19.7 Å². The van der Waals surface area contributed by atoms with Crippen molar-refractivity contribution in [2.45, 2.75) is 26.7 Å². The third kappa shape index (κ3) is 6.80. The van der Waals surface area contributed by atoms with Crippen LogP contribution in [-0.4, -0.2) is 45.9 Å². The van der Waals surface area contributed by atoms with Crippen molar-refractivity contribution in [3.63, 3.8) is 0 Å². The lowest BCUT2D eigenvalue weighted by Crippen LogP contribution is -2.39. The van der Waals surface area contributed by atoms with E-state index in [0.717, 1.165) is 18.3 Å². The molecule has 0 fully saturated rings. The van der Waals surface area contributed by atoms with E-state index < -0.39 is 0 Å². The number of nitrogens with zero attached hydrogens (tertiary/aromatic N) is 1. The Morgan fingerprint density at radius 2 is 1.95 bits per heavy atom. The van der Waals surface area contributed by atoms with E-state index in [1.165, 1.54) is 5.56 Å². The summed E-state index contributed by atoms with van der Waals surface area (Å²) in [4.78, 5) is 4.41. The van der Waals surface area contributed by atoms with Gasteiger partial charge in [-0.15, -0.1) is 0 Å². The second kappa shape index (κ2) is 10.9. The van der Waals surface area contributed by atoms with E-state index in [9.17, 15) is 0 Å². The summed E-state index contributed by atoms with van der Waals surface area (Å²) in [6.45, 7) is 9.78. The maximum atomic E-state index is 5.88. The zero-order valence-electron chi connectivity index (χ0n) is 14.2. The molecule has 22 heavy (non-hydrogen) atoms. The van der Waals surface area contributed by atoms with Crippen molar-refractivity contribution in [1.29, 1.82) is 0 Å². The first-order valence-electron chi connectivity index (χ1n) is 7.91. The van der Waals surface area contributed by atoms with Gasteiger partial charge in [-0.3, -0.25) is 4.99 Å². The largest absolute Gasteiger partial charge is 0.491 e. The number of guanidine groups is 1. The van der Waals surface area contributed by atoms with Gasteiger partial charge in [-0.2, -0.15) is 0 Å². The van der Waals surface area contributed by atoms with Crippen molar-refractivity contribution in [3.05, 3.63) is 29.8 Å². The van der Waals surface area contributed by atoms with Gasteiger partial charge in [0.1, 0.15) is 12.4 Å². The molecule has 0 bridgehead atoms. The number of rotatable bonds is 9. The summed E-state index contributed by atoms with van der Waals surface area (Å²) in [5.74, 6) is 2.21. The van der Waals surface area contributed by atoms with Crippen LogP contribution in [-0.2, 0) is 4.74 Å². The Hall–Kier alpha value is -1.75. The van der Waals surface area contributed by atoms with Gasteiger partial charge in [0, 0.05) is 13.7 Å². The maximum Gasteiger partial charge on any atom is 0.191 e. The Morgan fingerprint density at radius 1 is 1.18 bits per heavy atom. The van der Waals surface area contributed by atoms with Crippen molar-refractivity contribution < 1.29 is 9.47 Å². The van der Waals surface area contributed by atoms with Crippen LogP contribution in [0.15, 0.2) is 29.3 Å². The molecule has 1 aromatic carbocycles. The van der Waals surface area contributed by atoms with E-state index >= 15 is 0 Å². The first-order valence-corrected chi connectivity index (χ1v) is 7.91. The molecule has 0 aromatic heterocycles. The molecule has 0 aliphatic heterocycles. The highest BCUT2D eigenvalue weighted by Crippen LogP contribution is 2.25. The molecule has 1 aromatic rings. The molecule has 5 nitrogen and oxygen atoms in total. The molecule has 0 spiro atoms. The van der Waals surface area contributed by atoms with Crippen LogP contribution in [0.25, 0.3) is 0 Å². The van der Waals surface area contributed by atoms with E-state index in [2.05, 4.69) is 35.5 Å².